The SMILES string of the molecule is CCCCCCCCCCCCCCCCCC(=O)O.[Cl][Cr]([Cl])[Cl]. The number of carboxylic acids is 1. The van der Waals surface area contributed by atoms with Crippen molar-refractivity contribution in [3.8, 4) is 0 Å². The van der Waals surface area contributed by atoms with Crippen LogP contribution in [0.3, 0.4) is 0 Å². The van der Waals surface area contributed by atoms with Gasteiger partial charge in [-0.3, -0.25) is 4.79 Å². The summed E-state index contributed by atoms with van der Waals surface area (Å²) in [6.07, 6.45) is 20.2. The van der Waals surface area contributed by atoms with Gasteiger partial charge < -0.3 is 5.11 Å². The summed E-state index contributed by atoms with van der Waals surface area (Å²) in [5.74, 6) is -0.653. The van der Waals surface area contributed by atoms with Crippen molar-refractivity contribution >= 4 is 36.1 Å². The van der Waals surface area contributed by atoms with Crippen LogP contribution in [0.2, 0.25) is 0 Å². The van der Waals surface area contributed by atoms with Crippen LogP contribution in [0.25, 0.3) is 0 Å². The van der Waals surface area contributed by atoms with Gasteiger partial charge in [-0.1, -0.05) is 96.8 Å². The van der Waals surface area contributed by atoms with Gasteiger partial charge in [0.25, 0.3) is 0 Å². The van der Waals surface area contributed by atoms with Gasteiger partial charge in [0, 0.05) is 6.42 Å². The molecule has 0 saturated heterocycles. The molecule has 0 aliphatic rings. The third-order valence-corrected chi connectivity index (χ3v) is 3.99. The second-order valence-electron chi connectivity index (χ2n) is 6.27. The number of aliphatic carboxylic acids is 1. The molecule has 0 aromatic carbocycles. The van der Waals surface area contributed by atoms with Gasteiger partial charge in [-0.15, -0.1) is 0 Å². The fourth-order valence-electron chi connectivity index (χ4n) is 2.65. The maximum absolute atomic E-state index is 10.3. The third kappa shape index (κ3) is 34.3. The Morgan fingerprint density at radius 2 is 0.917 bits per heavy atom. The van der Waals surface area contributed by atoms with Crippen LogP contribution < -0.4 is 0 Å². The Morgan fingerprint density at radius 1 is 0.667 bits per heavy atom. The molecule has 0 bridgehead atoms. The fraction of sp³-hybridized carbons (Fsp3) is 0.944. The Morgan fingerprint density at radius 3 is 1.17 bits per heavy atom. The molecule has 0 fully saturated rings. The molecule has 2 nitrogen and oxygen atoms in total. The Labute approximate surface area is 166 Å². The Hall–Kier alpha value is 0.872. The molecule has 0 saturated carbocycles. The van der Waals surface area contributed by atoms with Crippen molar-refractivity contribution in [3.05, 3.63) is 0 Å². The molecule has 0 radical (unpaired) electrons. The molecule has 0 amide bonds. The number of rotatable bonds is 16. The number of unbranched alkanes of at least 4 members (excludes halogenated alkanes) is 14. The molecule has 0 unspecified atom stereocenters. The predicted molar refractivity (Wildman–Crippen MR) is 105 cm³/mol. The van der Waals surface area contributed by atoms with Crippen LogP contribution in [0.15, 0.2) is 0 Å². The van der Waals surface area contributed by atoms with E-state index in [1.54, 1.807) is 0 Å². The van der Waals surface area contributed by atoms with Gasteiger partial charge in [0.15, 0.2) is 0 Å². The number of hydrogen-bond donors (Lipinski definition) is 1. The van der Waals surface area contributed by atoms with E-state index in [1.165, 1.54) is 83.5 Å². The maximum atomic E-state index is 10.3. The molecule has 0 aromatic rings. The normalized spacial score (nSPS) is 10.5. The van der Waals surface area contributed by atoms with Crippen LogP contribution in [-0.4, -0.2) is 11.1 Å². The molecule has 0 aromatic heterocycles. The first-order valence-electron chi connectivity index (χ1n) is 9.45. The molecule has 0 heterocycles. The van der Waals surface area contributed by atoms with Crippen LogP contribution in [0.5, 0.6) is 0 Å². The van der Waals surface area contributed by atoms with Crippen molar-refractivity contribution in [2.75, 3.05) is 0 Å². The summed E-state index contributed by atoms with van der Waals surface area (Å²) in [7, 11) is 14.8. The first kappa shape index (κ1) is 27.1. The van der Waals surface area contributed by atoms with Gasteiger partial charge >= 0.3 is 47.5 Å². The summed E-state index contributed by atoms with van der Waals surface area (Å²) >= 11 is -1.62. The van der Waals surface area contributed by atoms with E-state index in [-0.39, 0.29) is 0 Å². The molecular weight excluding hydrogens is 407 g/mol. The third-order valence-electron chi connectivity index (χ3n) is 3.99. The summed E-state index contributed by atoms with van der Waals surface area (Å²) in [5, 5.41) is 8.52. The minimum atomic E-state index is -1.62. The van der Waals surface area contributed by atoms with E-state index in [0.717, 1.165) is 12.8 Å². The van der Waals surface area contributed by atoms with Crippen molar-refractivity contribution in [2.24, 2.45) is 0 Å². The van der Waals surface area contributed by atoms with E-state index in [4.69, 9.17) is 35.3 Å². The summed E-state index contributed by atoms with van der Waals surface area (Å²) in [4.78, 5) is 10.3. The average molecular weight is 443 g/mol. The number of hydrogen-bond acceptors (Lipinski definition) is 1. The zero-order valence-electron chi connectivity index (χ0n) is 15.2. The first-order chi connectivity index (χ1) is 11.5. The van der Waals surface area contributed by atoms with Gasteiger partial charge in [-0.25, -0.2) is 0 Å². The average Bonchev–Trinajstić information content (AvgIpc) is 2.50. The molecule has 0 atom stereocenters. The van der Waals surface area contributed by atoms with Crippen molar-refractivity contribution in [2.45, 2.75) is 110 Å². The van der Waals surface area contributed by atoms with Gasteiger partial charge in [-0.05, 0) is 6.42 Å². The zero-order chi connectivity index (χ0) is 18.5. The number of halogens is 3. The summed E-state index contributed by atoms with van der Waals surface area (Å²) in [5.41, 5.74) is 0. The van der Waals surface area contributed by atoms with Crippen LogP contribution >= 0.6 is 30.1 Å². The minimum absolute atomic E-state index is 0.345. The van der Waals surface area contributed by atoms with Gasteiger partial charge in [0.1, 0.15) is 0 Å². The molecular formula is C18H36Cl3CrO2. The topological polar surface area (TPSA) is 37.3 Å². The van der Waals surface area contributed by atoms with Crippen molar-refractivity contribution < 1.29 is 21.3 Å². The molecule has 0 aliphatic carbocycles. The van der Waals surface area contributed by atoms with E-state index < -0.39 is 17.4 Å². The van der Waals surface area contributed by atoms with E-state index in [2.05, 4.69) is 6.92 Å². The number of carboxylic acid groups (broad SMARTS) is 1. The standard InChI is InChI=1S/C18H36O2.3ClH.Cr/c1-2-3-4-5-6-7-8-9-10-11-12-13-14-15-16-17-18(19)20;;;;/h2-17H2,1H3,(H,19,20);3*1H;/q;;;;+3/p-3. The molecule has 1 N–H and O–H groups in total. The van der Waals surface area contributed by atoms with Crippen LogP contribution in [0.4, 0.5) is 0 Å². The molecule has 0 aliphatic heterocycles. The van der Waals surface area contributed by atoms with Gasteiger partial charge in [0.2, 0.25) is 0 Å². The predicted octanol–water partition coefficient (Wildman–Crippen LogP) is 8.40. The Kier molecular flexibility index (Phi) is 27.0. The summed E-state index contributed by atoms with van der Waals surface area (Å²) in [6, 6.07) is 0. The summed E-state index contributed by atoms with van der Waals surface area (Å²) < 4.78 is 0. The quantitative estimate of drug-likeness (QED) is 0.244. The Bertz CT molecular complexity index is 252. The van der Waals surface area contributed by atoms with Gasteiger partial charge in [0.05, 0.1) is 0 Å². The van der Waals surface area contributed by atoms with E-state index in [9.17, 15) is 4.79 Å². The zero-order valence-corrected chi connectivity index (χ0v) is 18.8. The van der Waals surface area contributed by atoms with Crippen LogP contribution in [0.1, 0.15) is 110 Å². The monoisotopic (exact) mass is 441 g/mol. The molecule has 24 heavy (non-hydrogen) atoms. The Balaban J connectivity index is 0. The molecule has 0 rings (SSSR count). The van der Waals surface area contributed by atoms with Gasteiger partial charge in [-0.2, -0.15) is 0 Å². The van der Waals surface area contributed by atoms with E-state index in [0.29, 0.717) is 6.42 Å². The molecule has 0 spiro atoms. The molecule has 6 heteroatoms. The van der Waals surface area contributed by atoms with E-state index in [1.807, 2.05) is 0 Å². The van der Waals surface area contributed by atoms with Crippen molar-refractivity contribution in [1.29, 1.82) is 0 Å². The second-order valence-corrected chi connectivity index (χ2v) is 12.6. The summed E-state index contributed by atoms with van der Waals surface area (Å²) in [6.45, 7) is 2.27. The fourth-order valence-corrected chi connectivity index (χ4v) is 2.65. The van der Waals surface area contributed by atoms with Crippen LogP contribution in [0, 0.1) is 0 Å². The van der Waals surface area contributed by atoms with E-state index >= 15 is 0 Å². The molecule has 147 valence electrons. The van der Waals surface area contributed by atoms with Crippen molar-refractivity contribution in [3.63, 3.8) is 0 Å². The first-order valence-corrected chi connectivity index (χ1v) is 14.7. The van der Waals surface area contributed by atoms with Crippen molar-refractivity contribution in [1.82, 2.24) is 0 Å². The number of carbonyl (C=O) groups is 1. The van der Waals surface area contributed by atoms with Crippen LogP contribution in [-0.2, 0) is 16.2 Å². The second kappa shape index (κ2) is 23.9.